The molecule has 2 rings (SSSR count). The Labute approximate surface area is 196 Å². The van der Waals surface area contributed by atoms with E-state index < -0.39 is 29.9 Å². The van der Waals surface area contributed by atoms with E-state index in [0.717, 1.165) is 0 Å². The van der Waals surface area contributed by atoms with Crippen LogP contribution in [0.5, 0.6) is 5.75 Å². The van der Waals surface area contributed by atoms with Gasteiger partial charge in [0, 0.05) is 12.8 Å². The first kappa shape index (κ1) is 25.6. The van der Waals surface area contributed by atoms with Gasteiger partial charge in [-0.1, -0.05) is 18.1 Å². The molecule has 2 aromatic rings. The molecule has 0 radical (unpaired) electrons. The third kappa shape index (κ3) is 8.13. The van der Waals surface area contributed by atoms with Gasteiger partial charge >= 0.3 is 17.9 Å². The van der Waals surface area contributed by atoms with Crippen molar-refractivity contribution in [3.63, 3.8) is 0 Å². The lowest BCUT2D eigenvalue weighted by molar-refractivity contribution is -0.145. The van der Waals surface area contributed by atoms with Crippen LogP contribution in [0.1, 0.15) is 34.3 Å². The molecule has 0 bridgehead atoms. The molecule has 9 nitrogen and oxygen atoms in total. The Balaban J connectivity index is 1.95. The zero-order valence-corrected chi connectivity index (χ0v) is 18.4. The van der Waals surface area contributed by atoms with Crippen molar-refractivity contribution in [2.75, 3.05) is 13.7 Å². The van der Waals surface area contributed by atoms with Gasteiger partial charge in [-0.3, -0.25) is 9.59 Å². The van der Waals surface area contributed by atoms with Crippen LogP contribution in [0, 0.1) is 23.7 Å². The molecular weight excluding hydrogens is 440 g/mol. The lowest BCUT2D eigenvalue weighted by atomic mass is 10.1. The molecule has 0 aromatic heterocycles. The van der Waals surface area contributed by atoms with E-state index in [9.17, 15) is 19.2 Å². The molecule has 0 saturated heterocycles. The maximum Gasteiger partial charge on any atom is 0.343 e. The molecule has 0 aliphatic carbocycles. The number of hydrogen-bond acceptors (Lipinski definition) is 8. The molecule has 0 aliphatic rings. The predicted octanol–water partition coefficient (Wildman–Crippen LogP) is 1.93. The number of hydrogen-bond donors (Lipinski definition) is 1. The first-order valence-electron chi connectivity index (χ1n) is 10.1. The molecule has 34 heavy (non-hydrogen) atoms. The summed E-state index contributed by atoms with van der Waals surface area (Å²) in [4.78, 5) is 48.0. The summed E-state index contributed by atoms with van der Waals surface area (Å²) in [6.45, 7) is -0.177. The number of benzene rings is 2. The fourth-order valence-corrected chi connectivity index (χ4v) is 2.79. The smallest absolute Gasteiger partial charge is 0.343 e. The highest BCUT2D eigenvalue weighted by molar-refractivity contribution is 5.91. The van der Waals surface area contributed by atoms with Gasteiger partial charge in [0.25, 0.3) is 0 Å². The summed E-state index contributed by atoms with van der Waals surface area (Å²) >= 11 is 0. The normalized spacial score (nSPS) is 10.7. The maximum atomic E-state index is 12.2. The molecule has 1 amide bonds. The van der Waals surface area contributed by atoms with Gasteiger partial charge in [0.05, 0.1) is 30.7 Å². The lowest BCUT2D eigenvalue weighted by Crippen LogP contribution is -2.43. The van der Waals surface area contributed by atoms with Crippen molar-refractivity contribution in [3.05, 3.63) is 65.2 Å². The van der Waals surface area contributed by atoms with Gasteiger partial charge in [-0.2, -0.15) is 5.26 Å². The van der Waals surface area contributed by atoms with Crippen molar-refractivity contribution in [3.8, 4) is 24.2 Å². The third-order valence-electron chi connectivity index (χ3n) is 4.52. The average Bonchev–Trinajstić information content (AvgIpc) is 2.86. The molecule has 0 unspecified atom stereocenters. The van der Waals surface area contributed by atoms with Gasteiger partial charge < -0.3 is 19.5 Å². The Kier molecular flexibility index (Phi) is 9.83. The van der Waals surface area contributed by atoms with E-state index in [1.54, 1.807) is 24.3 Å². The zero-order valence-electron chi connectivity index (χ0n) is 18.4. The van der Waals surface area contributed by atoms with E-state index >= 15 is 0 Å². The molecular formula is C25H22N2O7. The Morgan fingerprint density at radius 1 is 1.03 bits per heavy atom. The first-order chi connectivity index (χ1) is 16.4. The number of terminal acetylenes is 1. The summed E-state index contributed by atoms with van der Waals surface area (Å²) in [5.41, 5.74) is 1.39. The van der Waals surface area contributed by atoms with Crippen LogP contribution < -0.4 is 10.1 Å². The maximum absolute atomic E-state index is 12.2. The number of esters is 3. The number of carbonyl (C=O) groups is 4. The average molecular weight is 462 g/mol. The van der Waals surface area contributed by atoms with E-state index in [4.69, 9.17) is 25.9 Å². The molecule has 0 heterocycles. The van der Waals surface area contributed by atoms with Crippen LogP contribution in [0.2, 0.25) is 0 Å². The number of rotatable bonds is 10. The van der Waals surface area contributed by atoms with Gasteiger partial charge in [0.1, 0.15) is 11.8 Å². The highest BCUT2D eigenvalue weighted by atomic mass is 16.5. The lowest BCUT2D eigenvalue weighted by Gasteiger charge is -2.17. The Hall–Kier alpha value is -4.63. The largest absolute Gasteiger partial charge is 0.467 e. The fraction of sp³-hybridized carbons (Fsp3) is 0.240. The highest BCUT2D eigenvalue weighted by Gasteiger charge is 2.22. The molecule has 174 valence electrons. The van der Waals surface area contributed by atoms with Crippen molar-refractivity contribution in [2.24, 2.45) is 0 Å². The van der Waals surface area contributed by atoms with Gasteiger partial charge in [0.2, 0.25) is 5.91 Å². The summed E-state index contributed by atoms with van der Waals surface area (Å²) in [6.07, 6.45) is 4.75. The second kappa shape index (κ2) is 13.0. The number of nitriles is 1. The summed E-state index contributed by atoms with van der Waals surface area (Å²) in [7, 11) is 1.20. The van der Waals surface area contributed by atoms with E-state index in [1.165, 1.54) is 31.4 Å². The first-order valence-corrected chi connectivity index (χ1v) is 10.1. The highest BCUT2D eigenvalue weighted by Crippen LogP contribution is 2.16. The minimum Gasteiger partial charge on any atom is -0.467 e. The molecule has 9 heteroatoms. The minimum absolute atomic E-state index is 0.115. The molecule has 2 aromatic carbocycles. The predicted molar refractivity (Wildman–Crippen MR) is 119 cm³/mol. The second-order valence-corrected chi connectivity index (χ2v) is 6.93. The fourth-order valence-electron chi connectivity index (χ4n) is 2.79. The van der Waals surface area contributed by atoms with Gasteiger partial charge in [-0.15, -0.1) is 6.42 Å². The van der Waals surface area contributed by atoms with Crippen LogP contribution in [0.25, 0.3) is 0 Å². The Morgan fingerprint density at radius 2 is 1.71 bits per heavy atom. The minimum atomic E-state index is -0.980. The molecule has 0 aliphatic heterocycles. The standard InChI is InChI=1S/C25H22N2O7/c1-3-14-33-23(29)13-12-22(28)27-21(25(31)32-2)15-17-6-10-20(11-7-17)34-24(30)19-8-4-18(16-26)5-9-19/h1,4-11,21H,12-15H2,2H3,(H,27,28)/t21-/m0/s1. The van der Waals surface area contributed by atoms with Crippen molar-refractivity contribution in [1.29, 1.82) is 5.26 Å². The van der Waals surface area contributed by atoms with Crippen molar-refractivity contribution in [2.45, 2.75) is 25.3 Å². The molecule has 0 saturated carbocycles. The van der Waals surface area contributed by atoms with Crippen molar-refractivity contribution >= 4 is 23.8 Å². The number of nitrogens with one attached hydrogen (secondary N) is 1. The Bertz CT molecular complexity index is 1110. The van der Waals surface area contributed by atoms with Gasteiger partial charge in [-0.05, 0) is 42.0 Å². The molecule has 0 fully saturated rings. The van der Waals surface area contributed by atoms with Gasteiger partial charge in [0.15, 0.2) is 6.61 Å². The van der Waals surface area contributed by atoms with Crippen LogP contribution in [0.3, 0.4) is 0 Å². The zero-order chi connectivity index (χ0) is 24.9. The number of methoxy groups -OCH3 is 1. The number of ether oxygens (including phenoxy) is 3. The van der Waals surface area contributed by atoms with Crippen LogP contribution in [-0.2, 0) is 30.3 Å². The summed E-state index contributed by atoms with van der Waals surface area (Å²) < 4.78 is 14.8. The molecule has 0 spiro atoms. The van der Waals surface area contributed by atoms with E-state index in [-0.39, 0.29) is 31.6 Å². The summed E-state index contributed by atoms with van der Waals surface area (Å²) in [5, 5.41) is 11.4. The van der Waals surface area contributed by atoms with E-state index in [2.05, 4.69) is 11.2 Å². The number of nitrogens with zero attached hydrogens (tertiary/aromatic N) is 1. The van der Waals surface area contributed by atoms with Gasteiger partial charge in [-0.25, -0.2) is 9.59 Å². The van der Waals surface area contributed by atoms with Crippen LogP contribution in [0.4, 0.5) is 0 Å². The van der Waals surface area contributed by atoms with Crippen molar-refractivity contribution in [1.82, 2.24) is 5.32 Å². The summed E-state index contributed by atoms with van der Waals surface area (Å²) in [6, 6.07) is 13.4. The molecule has 1 N–H and O–H groups in total. The van der Waals surface area contributed by atoms with Crippen molar-refractivity contribution < 1.29 is 33.4 Å². The number of carbonyl (C=O) groups excluding carboxylic acids is 4. The van der Waals surface area contributed by atoms with Crippen LogP contribution in [-0.4, -0.2) is 43.6 Å². The summed E-state index contributed by atoms with van der Waals surface area (Å²) in [5.74, 6) is 0.0496. The van der Waals surface area contributed by atoms with E-state index in [1.807, 2.05) is 6.07 Å². The number of amides is 1. The monoisotopic (exact) mass is 462 g/mol. The molecule has 1 atom stereocenters. The SMILES string of the molecule is C#CCOC(=O)CCC(=O)N[C@@H](Cc1ccc(OC(=O)c2ccc(C#N)cc2)cc1)C(=O)OC. The Morgan fingerprint density at radius 3 is 2.29 bits per heavy atom. The topological polar surface area (TPSA) is 132 Å². The second-order valence-electron chi connectivity index (χ2n) is 6.93. The third-order valence-corrected chi connectivity index (χ3v) is 4.52. The van der Waals surface area contributed by atoms with Crippen LogP contribution >= 0.6 is 0 Å². The van der Waals surface area contributed by atoms with Crippen LogP contribution in [0.15, 0.2) is 48.5 Å². The quantitative estimate of drug-likeness (QED) is 0.322. The van der Waals surface area contributed by atoms with E-state index in [0.29, 0.717) is 16.7 Å².